The van der Waals surface area contributed by atoms with Crippen LogP contribution in [0.4, 0.5) is 0 Å². The summed E-state index contributed by atoms with van der Waals surface area (Å²) in [5.41, 5.74) is 0.301. The Labute approximate surface area is 174 Å². The van der Waals surface area contributed by atoms with Crippen LogP contribution in [0.2, 0.25) is 0 Å². The van der Waals surface area contributed by atoms with Gasteiger partial charge in [-0.2, -0.15) is 0 Å². The van der Waals surface area contributed by atoms with Gasteiger partial charge in [-0.15, -0.1) is 0 Å². The molecule has 29 heavy (non-hydrogen) atoms. The van der Waals surface area contributed by atoms with Gasteiger partial charge in [0.2, 0.25) is 5.91 Å². The number of nitrogens with zero attached hydrogens (tertiary/aromatic N) is 1. The van der Waals surface area contributed by atoms with Gasteiger partial charge in [-0.05, 0) is 31.4 Å². The Kier molecular flexibility index (Phi) is 10.2. The molecule has 1 aromatic carbocycles. The molecule has 0 saturated heterocycles. The van der Waals surface area contributed by atoms with E-state index in [1.54, 1.807) is 29.2 Å². The van der Waals surface area contributed by atoms with Crippen molar-refractivity contribution in [2.45, 2.75) is 46.1 Å². The Hall–Kier alpha value is -2.09. The van der Waals surface area contributed by atoms with E-state index in [1.807, 2.05) is 6.92 Å². The molecule has 0 bridgehead atoms. The predicted octanol–water partition coefficient (Wildman–Crippen LogP) is 2.51. The summed E-state index contributed by atoms with van der Waals surface area (Å²) in [4.78, 5) is 27.7. The van der Waals surface area contributed by atoms with Gasteiger partial charge in [0.25, 0.3) is 5.91 Å². The molecule has 1 unspecified atom stereocenters. The highest BCUT2D eigenvalue weighted by atomic mass is 32.2. The molecule has 1 rings (SSSR count). The summed E-state index contributed by atoms with van der Waals surface area (Å²) in [5, 5.41) is 2.73. The number of nitrogens with one attached hydrogen (secondary N) is 1. The van der Waals surface area contributed by atoms with Crippen LogP contribution in [0.15, 0.2) is 24.3 Å². The van der Waals surface area contributed by atoms with Crippen molar-refractivity contribution in [2.24, 2.45) is 5.92 Å². The lowest BCUT2D eigenvalue weighted by Gasteiger charge is -2.30. The van der Waals surface area contributed by atoms with Crippen molar-refractivity contribution in [1.82, 2.24) is 10.2 Å². The molecule has 0 radical (unpaired) electrons. The quantitative estimate of drug-likeness (QED) is 0.554. The van der Waals surface area contributed by atoms with Crippen molar-refractivity contribution in [3.63, 3.8) is 0 Å². The molecule has 1 aromatic rings. The number of likely N-dealkylation sites (N-methyl/N-ethyl adjacent to an activating group) is 1. The van der Waals surface area contributed by atoms with Gasteiger partial charge < -0.3 is 15.0 Å². The minimum absolute atomic E-state index is 0.0258. The Bertz CT molecular complexity index is 775. The predicted molar refractivity (Wildman–Crippen MR) is 115 cm³/mol. The maximum Gasteiger partial charge on any atom is 0.255 e. The molecule has 7 nitrogen and oxygen atoms in total. The molecular weight excluding hydrogens is 392 g/mol. The summed E-state index contributed by atoms with van der Waals surface area (Å²) in [6.07, 6.45) is 3.04. The Morgan fingerprint density at radius 1 is 1.14 bits per heavy atom. The van der Waals surface area contributed by atoms with Crippen LogP contribution in [-0.2, 0) is 14.6 Å². The van der Waals surface area contributed by atoms with Crippen molar-refractivity contribution in [1.29, 1.82) is 0 Å². The maximum atomic E-state index is 13.2. The summed E-state index contributed by atoms with van der Waals surface area (Å²) >= 11 is 0. The van der Waals surface area contributed by atoms with Crippen LogP contribution >= 0.6 is 0 Å². The number of para-hydroxylation sites is 1. The van der Waals surface area contributed by atoms with E-state index in [0.29, 0.717) is 30.3 Å². The molecule has 164 valence electrons. The number of carbonyl (C=O) groups excluding carboxylic acids is 2. The van der Waals surface area contributed by atoms with E-state index >= 15 is 0 Å². The molecule has 0 spiro atoms. The summed E-state index contributed by atoms with van der Waals surface area (Å²) in [6.45, 7) is 7.13. The number of methoxy groups -OCH3 is 1. The molecule has 0 aliphatic heterocycles. The summed E-state index contributed by atoms with van der Waals surface area (Å²) in [5.74, 6) is -0.153. The maximum absolute atomic E-state index is 13.2. The second-order valence-electron chi connectivity index (χ2n) is 7.20. The summed E-state index contributed by atoms with van der Waals surface area (Å²) in [7, 11) is -1.81. The first kappa shape index (κ1) is 24.9. The molecule has 0 aliphatic rings. The number of hydrogen-bond donors (Lipinski definition) is 1. The first-order valence-electron chi connectivity index (χ1n) is 10.1. The second kappa shape index (κ2) is 11.8. The molecule has 0 aliphatic carbocycles. The molecular formula is C21H34N2O5S. The van der Waals surface area contributed by atoms with E-state index in [9.17, 15) is 18.0 Å². The topological polar surface area (TPSA) is 92.8 Å². The van der Waals surface area contributed by atoms with E-state index in [0.717, 1.165) is 19.1 Å². The fourth-order valence-corrected chi connectivity index (χ4v) is 3.78. The number of amides is 2. The normalized spacial score (nSPS) is 12.5. The third kappa shape index (κ3) is 8.04. The average Bonchev–Trinajstić information content (AvgIpc) is 2.70. The van der Waals surface area contributed by atoms with Gasteiger partial charge in [-0.25, -0.2) is 8.42 Å². The number of hydrogen-bond acceptors (Lipinski definition) is 5. The molecule has 0 heterocycles. The molecule has 2 amide bonds. The largest absolute Gasteiger partial charge is 0.496 e. The van der Waals surface area contributed by atoms with E-state index in [4.69, 9.17) is 4.74 Å². The van der Waals surface area contributed by atoms with Gasteiger partial charge in [0.1, 0.15) is 21.6 Å². The highest BCUT2D eigenvalue weighted by molar-refractivity contribution is 7.90. The van der Waals surface area contributed by atoms with Gasteiger partial charge in [0.05, 0.1) is 18.4 Å². The Balaban J connectivity index is 3.08. The SMILES string of the molecule is CCC(CC)CN(CC)C(=O)C(CCS(C)(=O)=O)NC(=O)c1ccccc1OC. The van der Waals surface area contributed by atoms with E-state index in [-0.39, 0.29) is 18.1 Å². The van der Waals surface area contributed by atoms with Crippen molar-refractivity contribution in [3.05, 3.63) is 29.8 Å². The van der Waals surface area contributed by atoms with Crippen molar-refractivity contribution in [2.75, 3.05) is 32.2 Å². The molecule has 8 heteroatoms. The lowest BCUT2D eigenvalue weighted by Crippen LogP contribution is -2.50. The van der Waals surface area contributed by atoms with Crippen LogP contribution in [0.3, 0.4) is 0 Å². The lowest BCUT2D eigenvalue weighted by atomic mass is 10.0. The van der Waals surface area contributed by atoms with Gasteiger partial charge >= 0.3 is 0 Å². The number of sulfone groups is 1. The molecule has 0 aromatic heterocycles. The van der Waals surface area contributed by atoms with Gasteiger partial charge in [-0.3, -0.25) is 9.59 Å². The fourth-order valence-electron chi connectivity index (χ4n) is 3.11. The Morgan fingerprint density at radius 3 is 2.28 bits per heavy atom. The first-order chi connectivity index (χ1) is 13.7. The zero-order valence-electron chi connectivity index (χ0n) is 18.1. The number of benzene rings is 1. The summed E-state index contributed by atoms with van der Waals surface area (Å²) in [6, 6.07) is 5.80. The first-order valence-corrected chi connectivity index (χ1v) is 12.1. The van der Waals surface area contributed by atoms with E-state index in [2.05, 4.69) is 19.2 Å². The van der Waals surface area contributed by atoms with Crippen LogP contribution in [-0.4, -0.2) is 63.4 Å². The second-order valence-corrected chi connectivity index (χ2v) is 9.46. The minimum Gasteiger partial charge on any atom is -0.496 e. The van der Waals surface area contributed by atoms with Gasteiger partial charge in [0.15, 0.2) is 0 Å². The van der Waals surface area contributed by atoms with Crippen LogP contribution < -0.4 is 10.1 Å². The van der Waals surface area contributed by atoms with Crippen molar-refractivity contribution in [3.8, 4) is 5.75 Å². The van der Waals surface area contributed by atoms with Crippen molar-refractivity contribution < 1.29 is 22.7 Å². The smallest absolute Gasteiger partial charge is 0.255 e. The third-order valence-corrected chi connectivity index (χ3v) is 6.04. The lowest BCUT2D eigenvalue weighted by molar-refractivity contribution is -0.133. The number of ether oxygens (including phenoxy) is 1. The average molecular weight is 427 g/mol. The van der Waals surface area contributed by atoms with Crippen molar-refractivity contribution >= 4 is 21.7 Å². The highest BCUT2D eigenvalue weighted by Gasteiger charge is 2.28. The highest BCUT2D eigenvalue weighted by Crippen LogP contribution is 2.18. The monoisotopic (exact) mass is 426 g/mol. The van der Waals surface area contributed by atoms with Gasteiger partial charge in [-0.1, -0.05) is 38.8 Å². The molecule has 1 atom stereocenters. The summed E-state index contributed by atoms with van der Waals surface area (Å²) < 4.78 is 28.6. The minimum atomic E-state index is -3.28. The van der Waals surface area contributed by atoms with E-state index in [1.165, 1.54) is 7.11 Å². The molecule has 1 N–H and O–H groups in total. The van der Waals surface area contributed by atoms with E-state index < -0.39 is 21.8 Å². The molecule has 0 fully saturated rings. The zero-order chi connectivity index (χ0) is 22.0. The molecule has 0 saturated carbocycles. The fraction of sp³-hybridized carbons (Fsp3) is 0.619. The standard InChI is InChI=1S/C21H34N2O5S/c1-6-16(7-2)15-23(8-3)21(25)18(13-14-29(5,26)27)22-20(24)17-11-9-10-12-19(17)28-4/h9-12,16,18H,6-8,13-15H2,1-5H3,(H,22,24). The zero-order valence-corrected chi connectivity index (χ0v) is 18.9. The van der Waals surface area contributed by atoms with Crippen LogP contribution in [0.5, 0.6) is 5.75 Å². The van der Waals surface area contributed by atoms with Gasteiger partial charge in [0, 0.05) is 19.3 Å². The number of carbonyl (C=O) groups is 2. The van der Waals surface area contributed by atoms with Crippen LogP contribution in [0.1, 0.15) is 50.4 Å². The van der Waals surface area contributed by atoms with Crippen LogP contribution in [0.25, 0.3) is 0 Å². The Morgan fingerprint density at radius 2 is 1.76 bits per heavy atom. The van der Waals surface area contributed by atoms with Crippen LogP contribution in [0, 0.1) is 5.92 Å². The third-order valence-electron chi connectivity index (χ3n) is 5.06. The number of rotatable bonds is 12.